The molecule has 1 fully saturated rings. The van der Waals surface area contributed by atoms with E-state index in [-0.39, 0.29) is 5.78 Å². The molecule has 1 saturated carbocycles. The number of nitrogens with zero attached hydrogens (tertiary/aromatic N) is 2. The Bertz CT molecular complexity index is 891. The molecule has 2 unspecified atom stereocenters. The fraction of sp³-hybridized carbons (Fsp3) is 0.200. The maximum atomic E-state index is 12.8. The van der Waals surface area contributed by atoms with E-state index in [4.69, 9.17) is 0 Å². The minimum absolute atomic E-state index is 0.217. The molecule has 0 bridgehead atoms. The number of nitriles is 2. The molecule has 0 spiro atoms. The molecule has 0 amide bonds. The predicted octanol–water partition coefficient (Wildman–Crippen LogP) is 3.10. The summed E-state index contributed by atoms with van der Waals surface area (Å²) in [6.07, 6.45) is 0. The lowest BCUT2D eigenvalue weighted by atomic mass is 10.0. The number of methoxy groups -OCH3 is 1. The van der Waals surface area contributed by atoms with Crippen LogP contribution in [-0.2, 0) is 4.74 Å². The van der Waals surface area contributed by atoms with Crippen LogP contribution in [0, 0.1) is 34.0 Å². The quantitative estimate of drug-likeness (QED) is 0.634. The Morgan fingerprint density at radius 3 is 2.08 bits per heavy atom. The van der Waals surface area contributed by atoms with Gasteiger partial charge in [-0.25, -0.2) is 4.79 Å². The molecule has 122 valence electrons. The number of hydrogen-bond donors (Lipinski definition) is 0. The summed E-state index contributed by atoms with van der Waals surface area (Å²) in [6, 6.07) is 19.2. The molecule has 0 N–H and O–H groups in total. The fourth-order valence-corrected chi connectivity index (χ4v) is 3.23. The third kappa shape index (κ3) is 2.56. The van der Waals surface area contributed by atoms with Crippen LogP contribution in [0.1, 0.15) is 32.2 Å². The molecule has 0 aromatic heterocycles. The molecule has 0 saturated heterocycles. The minimum atomic E-state index is -1.38. The van der Waals surface area contributed by atoms with Gasteiger partial charge in [-0.2, -0.15) is 10.5 Å². The zero-order chi connectivity index (χ0) is 18.0. The van der Waals surface area contributed by atoms with Gasteiger partial charge in [0, 0.05) is 11.5 Å². The van der Waals surface area contributed by atoms with Gasteiger partial charge in [0.15, 0.2) is 11.2 Å². The van der Waals surface area contributed by atoms with Crippen LogP contribution in [0.5, 0.6) is 0 Å². The van der Waals surface area contributed by atoms with Gasteiger partial charge in [0.05, 0.1) is 30.7 Å². The molecule has 0 heterocycles. The summed E-state index contributed by atoms with van der Waals surface area (Å²) in [5, 5.41) is 19.1. The highest BCUT2D eigenvalue weighted by Gasteiger charge is 2.70. The van der Waals surface area contributed by atoms with Crippen molar-refractivity contribution in [3.05, 3.63) is 71.3 Å². The normalized spacial score (nSPS) is 20.0. The van der Waals surface area contributed by atoms with Crippen LogP contribution in [0.2, 0.25) is 0 Å². The first-order valence-electron chi connectivity index (χ1n) is 7.69. The smallest absolute Gasteiger partial charge is 0.337 e. The van der Waals surface area contributed by atoms with Gasteiger partial charge in [0.25, 0.3) is 0 Å². The number of hydrogen-bond acceptors (Lipinski definition) is 5. The zero-order valence-electron chi connectivity index (χ0n) is 13.5. The lowest BCUT2D eigenvalue weighted by Crippen LogP contribution is -2.08. The van der Waals surface area contributed by atoms with Gasteiger partial charge in [-0.05, 0) is 17.7 Å². The minimum Gasteiger partial charge on any atom is -0.465 e. The zero-order valence-corrected chi connectivity index (χ0v) is 13.5. The Hall–Kier alpha value is -3.44. The number of ether oxygens (including phenoxy) is 1. The van der Waals surface area contributed by atoms with E-state index in [0.717, 1.165) is 0 Å². The number of esters is 1. The van der Waals surface area contributed by atoms with Crippen molar-refractivity contribution >= 4 is 11.8 Å². The average Bonchev–Trinajstić information content (AvgIpc) is 3.36. The fourth-order valence-electron chi connectivity index (χ4n) is 3.23. The molecule has 0 radical (unpaired) electrons. The molecule has 2 aromatic carbocycles. The van der Waals surface area contributed by atoms with Crippen molar-refractivity contribution in [1.82, 2.24) is 0 Å². The summed E-state index contributed by atoms with van der Waals surface area (Å²) < 4.78 is 4.65. The van der Waals surface area contributed by atoms with Gasteiger partial charge in [-0.1, -0.05) is 42.5 Å². The molecular weight excluding hydrogens is 316 g/mol. The van der Waals surface area contributed by atoms with Crippen molar-refractivity contribution in [2.24, 2.45) is 11.3 Å². The lowest BCUT2D eigenvalue weighted by Gasteiger charge is -2.03. The second-order valence-electron chi connectivity index (χ2n) is 5.89. The number of benzene rings is 2. The third-order valence-electron chi connectivity index (χ3n) is 4.61. The SMILES string of the molecule is COC(=O)c1ccc(C2C(C(=O)c3ccccc3)C2(C#N)C#N)cc1. The molecule has 2 atom stereocenters. The Kier molecular flexibility index (Phi) is 4.09. The summed E-state index contributed by atoms with van der Waals surface area (Å²) in [5.74, 6) is -1.91. The van der Waals surface area contributed by atoms with E-state index in [1.54, 1.807) is 54.6 Å². The number of ketones is 1. The van der Waals surface area contributed by atoms with Gasteiger partial charge in [0.1, 0.15) is 0 Å². The Labute approximate surface area is 145 Å². The summed E-state index contributed by atoms with van der Waals surface area (Å²) in [4.78, 5) is 24.3. The van der Waals surface area contributed by atoms with Gasteiger partial charge in [-0.3, -0.25) is 4.79 Å². The van der Waals surface area contributed by atoms with Gasteiger partial charge in [0.2, 0.25) is 0 Å². The number of carbonyl (C=O) groups excluding carboxylic acids is 2. The van der Waals surface area contributed by atoms with E-state index >= 15 is 0 Å². The Morgan fingerprint density at radius 1 is 0.960 bits per heavy atom. The van der Waals surface area contributed by atoms with Crippen LogP contribution in [0.15, 0.2) is 54.6 Å². The van der Waals surface area contributed by atoms with Crippen molar-refractivity contribution in [3.63, 3.8) is 0 Å². The van der Waals surface area contributed by atoms with Crippen LogP contribution >= 0.6 is 0 Å². The summed E-state index contributed by atoms with van der Waals surface area (Å²) in [6.45, 7) is 0. The van der Waals surface area contributed by atoms with Gasteiger partial charge in [-0.15, -0.1) is 0 Å². The van der Waals surface area contributed by atoms with Crippen LogP contribution in [-0.4, -0.2) is 18.9 Å². The maximum Gasteiger partial charge on any atom is 0.337 e. The number of rotatable bonds is 4. The van der Waals surface area contributed by atoms with E-state index in [9.17, 15) is 20.1 Å². The summed E-state index contributed by atoms with van der Waals surface area (Å²) in [7, 11) is 1.29. The molecule has 0 aliphatic heterocycles. The van der Waals surface area contributed by atoms with Crippen molar-refractivity contribution in [2.75, 3.05) is 7.11 Å². The van der Waals surface area contributed by atoms with Gasteiger partial charge < -0.3 is 4.74 Å². The molecule has 25 heavy (non-hydrogen) atoms. The number of Topliss-reactive ketones (excluding diaryl/α,β-unsaturated/α-hetero) is 1. The van der Waals surface area contributed by atoms with E-state index < -0.39 is 23.2 Å². The van der Waals surface area contributed by atoms with Crippen LogP contribution in [0.4, 0.5) is 0 Å². The highest BCUT2D eigenvalue weighted by Crippen LogP contribution is 2.65. The first-order chi connectivity index (χ1) is 12.1. The van der Waals surface area contributed by atoms with Crippen LogP contribution < -0.4 is 0 Å². The topological polar surface area (TPSA) is 90.9 Å². The van der Waals surface area contributed by atoms with Crippen LogP contribution in [0.3, 0.4) is 0 Å². The molecule has 2 aromatic rings. The van der Waals surface area contributed by atoms with E-state index in [1.807, 2.05) is 12.1 Å². The van der Waals surface area contributed by atoms with Crippen molar-refractivity contribution in [2.45, 2.75) is 5.92 Å². The van der Waals surface area contributed by atoms with Crippen molar-refractivity contribution in [1.29, 1.82) is 10.5 Å². The average molecular weight is 330 g/mol. The Morgan fingerprint density at radius 2 is 1.56 bits per heavy atom. The molecule has 1 aliphatic carbocycles. The second-order valence-corrected chi connectivity index (χ2v) is 5.89. The first kappa shape index (κ1) is 16.4. The molecular formula is C20H14N2O3. The lowest BCUT2D eigenvalue weighted by molar-refractivity contribution is 0.0600. The first-order valence-corrected chi connectivity index (χ1v) is 7.69. The summed E-state index contributed by atoms with van der Waals surface area (Å²) >= 11 is 0. The highest BCUT2D eigenvalue weighted by atomic mass is 16.5. The third-order valence-corrected chi connectivity index (χ3v) is 4.61. The molecule has 1 aliphatic rings. The van der Waals surface area contributed by atoms with E-state index in [1.165, 1.54) is 7.11 Å². The maximum absolute atomic E-state index is 12.8. The van der Waals surface area contributed by atoms with Crippen LogP contribution in [0.25, 0.3) is 0 Å². The Balaban J connectivity index is 1.95. The largest absolute Gasteiger partial charge is 0.465 e. The summed E-state index contributed by atoms with van der Waals surface area (Å²) in [5.41, 5.74) is 0.165. The van der Waals surface area contributed by atoms with E-state index in [0.29, 0.717) is 16.7 Å². The molecule has 5 heteroatoms. The molecule has 3 rings (SSSR count). The second kappa shape index (κ2) is 6.22. The number of carbonyl (C=O) groups is 2. The standard InChI is InChI=1S/C20H14N2O3/c1-25-19(24)15-9-7-13(8-10-15)16-17(20(16,11-21)12-22)18(23)14-5-3-2-4-6-14/h2-10,16-17H,1H3. The van der Waals surface area contributed by atoms with Gasteiger partial charge >= 0.3 is 5.97 Å². The van der Waals surface area contributed by atoms with Crippen molar-refractivity contribution < 1.29 is 14.3 Å². The van der Waals surface area contributed by atoms with E-state index in [2.05, 4.69) is 4.74 Å². The molecule has 5 nitrogen and oxygen atoms in total. The highest BCUT2D eigenvalue weighted by molar-refractivity contribution is 6.02. The van der Waals surface area contributed by atoms with Crippen molar-refractivity contribution in [3.8, 4) is 12.1 Å². The predicted molar refractivity (Wildman–Crippen MR) is 88.4 cm³/mol. The monoisotopic (exact) mass is 330 g/mol.